The van der Waals surface area contributed by atoms with Crippen molar-refractivity contribution in [3.63, 3.8) is 0 Å². The molecule has 0 saturated carbocycles. The lowest BCUT2D eigenvalue weighted by Crippen LogP contribution is -2.29. The van der Waals surface area contributed by atoms with Crippen LogP contribution in [0.1, 0.15) is 0 Å². The summed E-state index contributed by atoms with van der Waals surface area (Å²) in [4.78, 5) is 24.6. The van der Waals surface area contributed by atoms with Crippen LogP contribution >= 0.6 is 7.14 Å². The Bertz CT molecular complexity index is 1400. The molecule has 0 aliphatic rings. The summed E-state index contributed by atoms with van der Waals surface area (Å²) in [5.41, 5.74) is 1.61. The fourth-order valence-corrected chi connectivity index (χ4v) is 4.50. The average Bonchev–Trinajstić information content (AvgIpc) is 2.88. The number of alkyl halides is 2. The molecule has 0 saturated heterocycles. The molecule has 0 radical (unpaired) electrons. The molecule has 2 aromatic carbocycles. The number of rotatable bonds is 13. The summed E-state index contributed by atoms with van der Waals surface area (Å²) in [6, 6.07) is 11.7. The molecular weight excluding hydrogens is 539 g/mol. The third-order valence-electron chi connectivity index (χ3n) is 5.69. The van der Waals surface area contributed by atoms with Gasteiger partial charge in [-0.2, -0.15) is 13.8 Å². The van der Waals surface area contributed by atoms with E-state index in [4.69, 9.17) is 4.74 Å². The Morgan fingerprint density at radius 2 is 1.85 bits per heavy atom. The van der Waals surface area contributed by atoms with Gasteiger partial charge in [0.05, 0.1) is 17.1 Å². The number of nitrogens with one attached hydrogen (secondary N) is 3. The Morgan fingerprint density at radius 1 is 1.10 bits per heavy atom. The number of carbonyl (C=O) groups is 1. The van der Waals surface area contributed by atoms with Crippen molar-refractivity contribution in [1.82, 2.24) is 14.9 Å². The molecule has 3 rings (SSSR count). The van der Waals surface area contributed by atoms with E-state index in [0.29, 0.717) is 41.3 Å². The fourth-order valence-electron chi connectivity index (χ4n) is 3.61. The number of aromatic nitrogens is 2. The lowest BCUT2D eigenvalue weighted by atomic mass is 10.2. The molecule has 3 aromatic rings. The average molecular weight is 574 g/mol. The van der Waals surface area contributed by atoms with Gasteiger partial charge < -0.3 is 35.1 Å². The summed E-state index contributed by atoms with van der Waals surface area (Å²) in [6.45, 7) is 5.00. The summed E-state index contributed by atoms with van der Waals surface area (Å²) in [6.07, 6.45) is 2.60. The normalized spacial score (nSPS) is 11.3. The van der Waals surface area contributed by atoms with Crippen molar-refractivity contribution in [2.45, 2.75) is 6.61 Å². The van der Waals surface area contributed by atoms with Crippen LogP contribution in [0, 0.1) is 0 Å². The third kappa shape index (κ3) is 8.75. The number of carbonyl (C=O) groups excluding carboxylic acids is 1. The van der Waals surface area contributed by atoms with Crippen molar-refractivity contribution in [2.24, 2.45) is 0 Å². The molecule has 0 fully saturated rings. The topological polar surface area (TPSA) is 112 Å². The van der Waals surface area contributed by atoms with Crippen LogP contribution in [0.5, 0.6) is 5.75 Å². The molecule has 10 nitrogen and oxygen atoms in total. The lowest BCUT2D eigenvalue weighted by molar-refractivity contribution is -0.111. The van der Waals surface area contributed by atoms with E-state index < -0.39 is 19.7 Å². The van der Waals surface area contributed by atoms with Gasteiger partial charge in [-0.15, -0.1) is 0 Å². The van der Waals surface area contributed by atoms with Gasteiger partial charge in [0.2, 0.25) is 11.9 Å². The van der Waals surface area contributed by atoms with Gasteiger partial charge in [-0.3, -0.25) is 4.79 Å². The molecule has 1 amide bonds. The summed E-state index contributed by atoms with van der Waals surface area (Å²) in [5.74, 6) is -0.126. The van der Waals surface area contributed by atoms with Crippen molar-refractivity contribution in [3.8, 4) is 5.75 Å². The first-order valence-electron chi connectivity index (χ1n) is 12.3. The minimum absolute atomic E-state index is 0.0895. The van der Waals surface area contributed by atoms with E-state index in [1.54, 1.807) is 44.6 Å². The van der Waals surface area contributed by atoms with Crippen molar-refractivity contribution in [3.05, 3.63) is 61.3 Å². The molecule has 0 atom stereocenters. The zero-order chi connectivity index (χ0) is 29.4. The summed E-state index contributed by atoms with van der Waals surface area (Å²) >= 11 is 0. The predicted molar refractivity (Wildman–Crippen MR) is 158 cm³/mol. The minimum atomic E-state index is -3.09. The van der Waals surface area contributed by atoms with E-state index in [9.17, 15) is 18.1 Å². The first-order valence-corrected chi connectivity index (χ1v) is 14.9. The highest BCUT2D eigenvalue weighted by Crippen LogP contribution is 2.39. The van der Waals surface area contributed by atoms with Crippen LogP contribution in [0.15, 0.2) is 61.3 Å². The predicted octanol–water partition coefficient (Wildman–Crippen LogP) is 4.94. The second-order valence-corrected chi connectivity index (χ2v) is 12.8. The minimum Gasteiger partial charge on any atom is -0.433 e. The first-order chi connectivity index (χ1) is 18.8. The summed E-state index contributed by atoms with van der Waals surface area (Å²) in [7, 11) is 3.15. The molecule has 3 N–H and O–H groups in total. The van der Waals surface area contributed by atoms with E-state index >= 15 is 0 Å². The number of ether oxygens (including phenoxy) is 1. The highest BCUT2D eigenvalue weighted by atomic mass is 31.2. The highest BCUT2D eigenvalue weighted by Gasteiger charge is 2.19. The van der Waals surface area contributed by atoms with Crippen LogP contribution in [0.2, 0.25) is 0 Å². The first kappa shape index (κ1) is 30.5. The van der Waals surface area contributed by atoms with Gasteiger partial charge in [-0.05, 0) is 57.8 Å². The Hall–Kier alpha value is -4.02. The number of anilines is 6. The number of hydrogen-bond acceptors (Lipinski definition) is 9. The summed E-state index contributed by atoms with van der Waals surface area (Å²) in [5, 5.41) is 9.50. The van der Waals surface area contributed by atoms with Crippen LogP contribution in [-0.2, 0) is 9.36 Å². The molecule has 1 heterocycles. The number of benzene rings is 2. The molecule has 214 valence electrons. The van der Waals surface area contributed by atoms with Crippen molar-refractivity contribution in [2.75, 3.05) is 68.4 Å². The van der Waals surface area contributed by atoms with Crippen LogP contribution in [-0.4, -0.2) is 74.9 Å². The Balaban J connectivity index is 1.97. The molecule has 0 unspecified atom stereocenters. The molecule has 1 aromatic heterocycles. The molecule has 0 aliphatic carbocycles. The maximum absolute atomic E-state index is 13.4. The number of nitrogens with zero attached hydrogens (tertiary/aromatic N) is 4. The standard InChI is InChI=1S/C27H34F2N7O3P/c1-7-25(37)32-20-16-21(23(39-26(28)29)17-22(20)36(4)14-13-35(2)3)33-27-30-12-11-24(34-27)31-18-9-8-10-19(15-18)40(5,6)38/h7-12,15-17,26H,1,13-14H2,2-6H3,(H,32,37)(H2,30,31,33,34). The van der Waals surface area contributed by atoms with Gasteiger partial charge in [0.15, 0.2) is 5.75 Å². The van der Waals surface area contributed by atoms with Crippen molar-refractivity contribution < 1.29 is 22.9 Å². The van der Waals surface area contributed by atoms with Gasteiger partial charge >= 0.3 is 6.61 Å². The van der Waals surface area contributed by atoms with Crippen molar-refractivity contribution >= 4 is 52.9 Å². The van der Waals surface area contributed by atoms with Crippen LogP contribution in [0.3, 0.4) is 0 Å². The van der Waals surface area contributed by atoms with Crippen LogP contribution in [0.25, 0.3) is 0 Å². The van der Waals surface area contributed by atoms with Gasteiger partial charge in [-0.25, -0.2) is 4.98 Å². The zero-order valence-corrected chi connectivity index (χ0v) is 24.0. The van der Waals surface area contributed by atoms with Crippen molar-refractivity contribution in [1.29, 1.82) is 0 Å². The molecule has 13 heteroatoms. The summed E-state index contributed by atoms with van der Waals surface area (Å²) < 4.78 is 44.1. The van der Waals surface area contributed by atoms with E-state index in [2.05, 4.69) is 32.5 Å². The maximum Gasteiger partial charge on any atom is 0.387 e. The second kappa shape index (κ2) is 13.4. The fraction of sp³-hybridized carbons (Fsp3) is 0.296. The molecule has 0 spiro atoms. The smallest absolute Gasteiger partial charge is 0.387 e. The Labute approximate surface area is 232 Å². The number of amides is 1. The van der Waals surface area contributed by atoms with E-state index in [0.717, 1.165) is 6.08 Å². The SMILES string of the molecule is C=CC(=O)Nc1cc(Nc2nccc(Nc3cccc(P(C)(C)=O)c3)n2)c(OC(F)F)cc1N(C)CCN(C)C. The quantitative estimate of drug-likeness (QED) is 0.194. The Kier molecular flexibility index (Phi) is 10.2. The number of halogens is 2. The third-order valence-corrected chi connectivity index (χ3v) is 7.22. The second-order valence-electron chi connectivity index (χ2n) is 9.58. The Morgan fingerprint density at radius 3 is 2.50 bits per heavy atom. The monoisotopic (exact) mass is 573 g/mol. The van der Waals surface area contributed by atoms with Crippen LogP contribution < -0.4 is 30.9 Å². The highest BCUT2D eigenvalue weighted by molar-refractivity contribution is 7.70. The van der Waals surface area contributed by atoms with Gasteiger partial charge in [0.1, 0.15) is 13.0 Å². The number of hydrogen-bond donors (Lipinski definition) is 3. The van der Waals surface area contributed by atoms with Gasteiger partial charge in [0, 0.05) is 43.4 Å². The van der Waals surface area contributed by atoms with Gasteiger partial charge in [-0.1, -0.05) is 18.7 Å². The number of likely N-dealkylation sites (N-methyl/N-ethyl adjacent to an activating group) is 2. The van der Waals surface area contributed by atoms with E-state index in [1.807, 2.05) is 30.0 Å². The molecule has 0 bridgehead atoms. The largest absolute Gasteiger partial charge is 0.433 e. The molecular formula is C27H34F2N7O3P. The molecule has 0 aliphatic heterocycles. The maximum atomic E-state index is 13.4. The van der Waals surface area contributed by atoms with Gasteiger partial charge in [0.25, 0.3) is 0 Å². The molecule has 40 heavy (non-hydrogen) atoms. The zero-order valence-electron chi connectivity index (χ0n) is 23.1. The van der Waals surface area contributed by atoms with Crippen LogP contribution in [0.4, 0.5) is 43.3 Å². The lowest BCUT2D eigenvalue weighted by Gasteiger charge is -2.26. The van der Waals surface area contributed by atoms with E-state index in [-0.39, 0.29) is 17.4 Å². The van der Waals surface area contributed by atoms with E-state index in [1.165, 1.54) is 18.3 Å².